The summed E-state index contributed by atoms with van der Waals surface area (Å²) in [5, 5.41) is 1.03. The Morgan fingerprint density at radius 2 is 2.04 bits per heavy atom. The second kappa shape index (κ2) is 6.07. The highest BCUT2D eigenvalue weighted by Crippen LogP contribution is 2.38. The van der Waals surface area contributed by atoms with Gasteiger partial charge in [0.2, 0.25) is 0 Å². The Bertz CT molecular complexity index is 878. The third-order valence-corrected chi connectivity index (χ3v) is 4.61. The van der Waals surface area contributed by atoms with Gasteiger partial charge in [-0.15, -0.1) is 0 Å². The van der Waals surface area contributed by atoms with Gasteiger partial charge in [0.15, 0.2) is 11.6 Å². The molecular formula is C19H18FN3O. The number of nitrogens with zero attached hydrogens (tertiary/aromatic N) is 3. The molecule has 0 N–H and O–H groups in total. The molecule has 1 aliphatic rings. The highest BCUT2D eigenvalue weighted by molar-refractivity contribution is 5.89. The third kappa shape index (κ3) is 2.46. The number of hydrogen-bond donors (Lipinski definition) is 0. The van der Waals surface area contributed by atoms with Crippen LogP contribution in [0.15, 0.2) is 48.8 Å². The highest BCUT2D eigenvalue weighted by Gasteiger charge is 2.29. The average Bonchev–Trinajstić information content (AvgIpc) is 3.10. The molecule has 0 aliphatic carbocycles. The SMILES string of the molecule is COc1ccc(C2CCCN2c2ncnc3ccccc23)cc1F. The maximum atomic E-state index is 14.1. The maximum Gasteiger partial charge on any atom is 0.165 e. The number of anilines is 1. The summed E-state index contributed by atoms with van der Waals surface area (Å²) in [5.74, 6) is 0.865. The molecule has 122 valence electrons. The average molecular weight is 323 g/mol. The van der Waals surface area contributed by atoms with Crippen molar-refractivity contribution < 1.29 is 9.13 Å². The molecular weight excluding hydrogens is 305 g/mol. The zero-order valence-electron chi connectivity index (χ0n) is 13.4. The monoisotopic (exact) mass is 323 g/mol. The molecule has 5 heteroatoms. The minimum Gasteiger partial charge on any atom is -0.494 e. The molecule has 0 radical (unpaired) electrons. The molecule has 0 bridgehead atoms. The standard InChI is InChI=1S/C19H18FN3O/c1-24-18-9-8-13(11-15(18)20)17-7-4-10-23(17)19-14-5-2-3-6-16(14)21-12-22-19/h2-3,5-6,8-9,11-12,17H,4,7,10H2,1H3. The Morgan fingerprint density at radius 1 is 1.17 bits per heavy atom. The van der Waals surface area contributed by atoms with Gasteiger partial charge in [-0.1, -0.05) is 18.2 Å². The van der Waals surface area contributed by atoms with Gasteiger partial charge < -0.3 is 9.64 Å². The van der Waals surface area contributed by atoms with E-state index in [0.717, 1.165) is 41.7 Å². The lowest BCUT2D eigenvalue weighted by Gasteiger charge is -2.27. The Kier molecular flexibility index (Phi) is 3.76. The Hall–Kier alpha value is -2.69. The molecule has 2 heterocycles. The summed E-state index contributed by atoms with van der Waals surface area (Å²) < 4.78 is 19.1. The molecule has 1 aliphatic heterocycles. The smallest absolute Gasteiger partial charge is 0.165 e. The molecule has 1 aromatic heterocycles. The Balaban J connectivity index is 1.76. The summed E-state index contributed by atoms with van der Waals surface area (Å²) in [7, 11) is 1.48. The van der Waals surface area contributed by atoms with Crippen molar-refractivity contribution in [3.8, 4) is 5.75 Å². The molecule has 3 aromatic rings. The van der Waals surface area contributed by atoms with Crippen LogP contribution in [0, 0.1) is 5.82 Å². The molecule has 4 nitrogen and oxygen atoms in total. The first-order chi connectivity index (χ1) is 11.8. The normalized spacial score (nSPS) is 17.4. The van der Waals surface area contributed by atoms with Gasteiger partial charge in [0.05, 0.1) is 18.7 Å². The minimum absolute atomic E-state index is 0.115. The molecule has 24 heavy (non-hydrogen) atoms. The number of halogens is 1. The minimum atomic E-state index is -0.325. The summed E-state index contributed by atoms with van der Waals surface area (Å²) >= 11 is 0. The number of fused-ring (bicyclic) bond motifs is 1. The van der Waals surface area contributed by atoms with E-state index in [4.69, 9.17) is 4.74 Å². The fourth-order valence-corrected chi connectivity index (χ4v) is 3.48. The second-order valence-electron chi connectivity index (χ2n) is 5.96. The van der Waals surface area contributed by atoms with Crippen LogP contribution in [0.5, 0.6) is 5.75 Å². The van der Waals surface area contributed by atoms with E-state index in [9.17, 15) is 4.39 Å². The molecule has 0 saturated carbocycles. The molecule has 1 atom stereocenters. The van der Waals surface area contributed by atoms with Crippen molar-refractivity contribution in [1.29, 1.82) is 0 Å². The van der Waals surface area contributed by atoms with E-state index in [1.165, 1.54) is 7.11 Å². The number of hydrogen-bond acceptors (Lipinski definition) is 4. The topological polar surface area (TPSA) is 38.2 Å². The fourth-order valence-electron chi connectivity index (χ4n) is 3.48. The zero-order chi connectivity index (χ0) is 16.5. The van der Waals surface area contributed by atoms with Crippen LogP contribution in [0.25, 0.3) is 10.9 Å². The number of ether oxygens (including phenoxy) is 1. The number of aromatic nitrogens is 2. The van der Waals surface area contributed by atoms with Gasteiger partial charge in [-0.05, 0) is 42.7 Å². The first-order valence-corrected chi connectivity index (χ1v) is 8.08. The summed E-state index contributed by atoms with van der Waals surface area (Å²) in [5.41, 5.74) is 1.88. The number of benzene rings is 2. The van der Waals surface area contributed by atoms with Crippen LogP contribution >= 0.6 is 0 Å². The van der Waals surface area contributed by atoms with Crippen LogP contribution in [0.2, 0.25) is 0 Å². The summed E-state index contributed by atoms with van der Waals surface area (Å²) in [6, 6.07) is 13.3. The predicted molar refractivity (Wildman–Crippen MR) is 91.8 cm³/mol. The van der Waals surface area contributed by atoms with E-state index >= 15 is 0 Å². The van der Waals surface area contributed by atoms with Crippen molar-refractivity contribution in [1.82, 2.24) is 9.97 Å². The molecule has 0 spiro atoms. The van der Waals surface area contributed by atoms with E-state index in [2.05, 4.69) is 14.9 Å². The lowest BCUT2D eigenvalue weighted by atomic mass is 10.0. The van der Waals surface area contributed by atoms with Crippen LogP contribution in [-0.4, -0.2) is 23.6 Å². The lowest BCUT2D eigenvalue weighted by molar-refractivity contribution is 0.386. The van der Waals surface area contributed by atoms with Crippen molar-refractivity contribution in [2.45, 2.75) is 18.9 Å². The second-order valence-corrected chi connectivity index (χ2v) is 5.96. The van der Waals surface area contributed by atoms with Crippen LogP contribution in [-0.2, 0) is 0 Å². The maximum absolute atomic E-state index is 14.1. The number of methoxy groups -OCH3 is 1. The van der Waals surface area contributed by atoms with Crippen LogP contribution in [0.3, 0.4) is 0 Å². The highest BCUT2D eigenvalue weighted by atomic mass is 19.1. The van der Waals surface area contributed by atoms with Crippen molar-refractivity contribution in [3.63, 3.8) is 0 Å². The van der Waals surface area contributed by atoms with Gasteiger partial charge in [0.1, 0.15) is 12.1 Å². The molecule has 4 rings (SSSR count). The van der Waals surface area contributed by atoms with Gasteiger partial charge in [0.25, 0.3) is 0 Å². The number of para-hydroxylation sites is 1. The van der Waals surface area contributed by atoms with Gasteiger partial charge in [-0.2, -0.15) is 0 Å². The molecule has 2 aromatic carbocycles. The molecule has 0 amide bonds. The van der Waals surface area contributed by atoms with Crippen molar-refractivity contribution in [2.24, 2.45) is 0 Å². The molecule has 1 fully saturated rings. The first-order valence-electron chi connectivity index (χ1n) is 8.08. The fraction of sp³-hybridized carbons (Fsp3) is 0.263. The van der Waals surface area contributed by atoms with Crippen LogP contribution in [0.1, 0.15) is 24.4 Å². The van der Waals surface area contributed by atoms with Crippen LogP contribution < -0.4 is 9.64 Å². The van der Waals surface area contributed by atoms with E-state index in [-0.39, 0.29) is 17.6 Å². The van der Waals surface area contributed by atoms with Crippen molar-refractivity contribution >= 4 is 16.7 Å². The third-order valence-electron chi connectivity index (χ3n) is 4.61. The predicted octanol–water partition coefficient (Wildman–Crippen LogP) is 4.12. The van der Waals surface area contributed by atoms with Gasteiger partial charge in [-0.3, -0.25) is 0 Å². The first kappa shape index (κ1) is 14.9. The summed E-state index contributed by atoms with van der Waals surface area (Å²) in [6.07, 6.45) is 3.63. The van der Waals surface area contributed by atoms with E-state index in [1.54, 1.807) is 18.5 Å². The summed E-state index contributed by atoms with van der Waals surface area (Å²) in [6.45, 7) is 0.902. The number of rotatable bonds is 3. The summed E-state index contributed by atoms with van der Waals surface area (Å²) in [4.78, 5) is 11.1. The quantitative estimate of drug-likeness (QED) is 0.727. The van der Waals surface area contributed by atoms with E-state index in [0.29, 0.717) is 0 Å². The lowest BCUT2D eigenvalue weighted by Crippen LogP contribution is -2.24. The molecule has 1 unspecified atom stereocenters. The largest absolute Gasteiger partial charge is 0.494 e. The van der Waals surface area contributed by atoms with E-state index in [1.807, 2.05) is 30.3 Å². The van der Waals surface area contributed by atoms with Crippen molar-refractivity contribution in [2.75, 3.05) is 18.6 Å². The Labute approximate surface area is 139 Å². The van der Waals surface area contributed by atoms with Crippen LogP contribution in [0.4, 0.5) is 10.2 Å². The van der Waals surface area contributed by atoms with E-state index < -0.39 is 0 Å². The Morgan fingerprint density at radius 3 is 2.88 bits per heavy atom. The van der Waals surface area contributed by atoms with Gasteiger partial charge >= 0.3 is 0 Å². The van der Waals surface area contributed by atoms with Gasteiger partial charge in [-0.25, -0.2) is 14.4 Å². The van der Waals surface area contributed by atoms with Gasteiger partial charge in [0, 0.05) is 11.9 Å². The van der Waals surface area contributed by atoms with Crippen molar-refractivity contribution in [3.05, 3.63) is 60.2 Å². The molecule has 1 saturated heterocycles. The zero-order valence-corrected chi connectivity index (χ0v) is 13.4.